The summed E-state index contributed by atoms with van der Waals surface area (Å²) in [6.45, 7) is 6.31. The average molecular weight is 220 g/mol. The Kier molecular flexibility index (Phi) is 2.98. The molecule has 1 atom stereocenters. The van der Waals surface area contributed by atoms with Gasteiger partial charge in [-0.05, 0) is 12.8 Å². The van der Waals surface area contributed by atoms with Gasteiger partial charge in [0.25, 0.3) is 0 Å². The number of nitrogens with one attached hydrogen (secondary N) is 1. The Hall–Kier alpha value is -1.72. The molecule has 2 heterocycles. The van der Waals surface area contributed by atoms with E-state index >= 15 is 0 Å². The molecule has 0 aliphatic rings. The van der Waals surface area contributed by atoms with E-state index in [2.05, 4.69) is 39.1 Å². The van der Waals surface area contributed by atoms with E-state index in [1.807, 2.05) is 6.92 Å². The highest BCUT2D eigenvalue weighted by molar-refractivity contribution is 4.97. The van der Waals surface area contributed by atoms with E-state index in [1.54, 1.807) is 11.0 Å². The number of aromatic amines is 1. The van der Waals surface area contributed by atoms with Gasteiger partial charge < -0.3 is 0 Å². The van der Waals surface area contributed by atoms with Crippen LogP contribution in [-0.4, -0.2) is 29.9 Å². The normalized spacial score (nSPS) is 13.2. The van der Waals surface area contributed by atoms with Crippen LogP contribution < -0.4 is 0 Å². The maximum absolute atomic E-state index is 4.45. The lowest BCUT2D eigenvalue weighted by Gasteiger charge is -2.05. The van der Waals surface area contributed by atoms with Gasteiger partial charge in [-0.2, -0.15) is 10.2 Å². The van der Waals surface area contributed by atoms with E-state index < -0.39 is 0 Å². The summed E-state index contributed by atoms with van der Waals surface area (Å²) in [5.41, 5.74) is 0. The number of rotatable bonds is 4. The van der Waals surface area contributed by atoms with Crippen molar-refractivity contribution in [3.63, 3.8) is 0 Å². The summed E-state index contributed by atoms with van der Waals surface area (Å²) in [7, 11) is 0. The Morgan fingerprint density at radius 3 is 2.81 bits per heavy atom. The summed E-state index contributed by atoms with van der Waals surface area (Å²) < 4.78 is 1.74. The summed E-state index contributed by atoms with van der Waals surface area (Å²) in [5, 5.41) is 11.2. The Morgan fingerprint density at radius 2 is 2.19 bits per heavy atom. The second-order valence-corrected chi connectivity index (χ2v) is 4.29. The molecule has 0 bridgehead atoms. The van der Waals surface area contributed by atoms with Crippen molar-refractivity contribution in [3.05, 3.63) is 24.3 Å². The van der Waals surface area contributed by atoms with Crippen molar-refractivity contribution in [1.82, 2.24) is 29.9 Å². The monoisotopic (exact) mass is 220 g/mol. The molecular weight excluding hydrogens is 204 g/mol. The quantitative estimate of drug-likeness (QED) is 0.840. The van der Waals surface area contributed by atoms with Gasteiger partial charge in [-0.25, -0.2) is 14.6 Å². The highest BCUT2D eigenvalue weighted by atomic mass is 15.4. The van der Waals surface area contributed by atoms with Crippen LogP contribution >= 0.6 is 0 Å². The number of hydrogen-bond acceptors (Lipinski definition) is 4. The number of nitrogens with zero attached hydrogens (tertiary/aromatic N) is 5. The predicted molar refractivity (Wildman–Crippen MR) is 58.8 cm³/mol. The number of aromatic nitrogens is 6. The van der Waals surface area contributed by atoms with Gasteiger partial charge in [-0.3, -0.25) is 5.10 Å². The first-order chi connectivity index (χ1) is 7.66. The van der Waals surface area contributed by atoms with Crippen molar-refractivity contribution < 1.29 is 0 Å². The van der Waals surface area contributed by atoms with Crippen LogP contribution in [0.1, 0.15) is 38.5 Å². The minimum Gasteiger partial charge on any atom is -0.263 e. The molecule has 16 heavy (non-hydrogen) atoms. The predicted octanol–water partition coefficient (Wildman–Crippen LogP) is 1.20. The molecule has 1 N–H and O–H groups in total. The molecule has 6 heteroatoms. The summed E-state index contributed by atoms with van der Waals surface area (Å²) in [6.07, 6.45) is 4.10. The zero-order valence-corrected chi connectivity index (χ0v) is 9.75. The lowest BCUT2D eigenvalue weighted by Crippen LogP contribution is -2.09. The molecule has 0 amide bonds. The lowest BCUT2D eigenvalue weighted by atomic mass is 10.1. The molecule has 0 aliphatic heterocycles. The van der Waals surface area contributed by atoms with E-state index in [9.17, 15) is 0 Å². The molecule has 6 nitrogen and oxygen atoms in total. The van der Waals surface area contributed by atoms with Crippen LogP contribution in [0.15, 0.2) is 12.7 Å². The Balaban J connectivity index is 2.12. The average Bonchev–Trinajstić information content (AvgIpc) is 2.84. The summed E-state index contributed by atoms with van der Waals surface area (Å²) >= 11 is 0. The molecule has 0 aromatic carbocycles. The lowest BCUT2D eigenvalue weighted by molar-refractivity contribution is 0.535. The van der Waals surface area contributed by atoms with E-state index in [4.69, 9.17) is 0 Å². The fourth-order valence-electron chi connectivity index (χ4n) is 1.51. The molecule has 2 aromatic rings. The van der Waals surface area contributed by atoms with Gasteiger partial charge in [0.2, 0.25) is 0 Å². The van der Waals surface area contributed by atoms with Crippen molar-refractivity contribution in [2.45, 2.75) is 33.2 Å². The maximum Gasteiger partial charge on any atom is 0.174 e. The minimum atomic E-state index is 0.0136. The van der Waals surface area contributed by atoms with E-state index in [1.165, 1.54) is 6.33 Å². The van der Waals surface area contributed by atoms with Crippen molar-refractivity contribution in [2.24, 2.45) is 5.92 Å². The Morgan fingerprint density at radius 1 is 1.38 bits per heavy atom. The zero-order chi connectivity index (χ0) is 11.5. The molecule has 0 aliphatic carbocycles. The molecule has 0 spiro atoms. The number of hydrogen-bond donors (Lipinski definition) is 1. The van der Waals surface area contributed by atoms with Gasteiger partial charge >= 0.3 is 0 Å². The third kappa shape index (κ3) is 2.26. The Labute approximate surface area is 94.1 Å². The van der Waals surface area contributed by atoms with Crippen LogP contribution in [0.25, 0.3) is 0 Å². The second kappa shape index (κ2) is 4.42. The third-order valence-corrected chi connectivity index (χ3v) is 2.36. The second-order valence-electron chi connectivity index (χ2n) is 4.29. The van der Waals surface area contributed by atoms with Gasteiger partial charge in [-0.1, -0.05) is 13.8 Å². The SMILES string of the molecule is CC(C)Cc1nc(C(C)n2cncn2)n[nH]1. The first-order valence-corrected chi connectivity index (χ1v) is 5.42. The molecule has 0 fully saturated rings. The minimum absolute atomic E-state index is 0.0136. The van der Waals surface area contributed by atoms with Gasteiger partial charge in [0.15, 0.2) is 5.82 Å². The topological polar surface area (TPSA) is 72.3 Å². The van der Waals surface area contributed by atoms with Crippen molar-refractivity contribution in [3.8, 4) is 0 Å². The first-order valence-electron chi connectivity index (χ1n) is 5.42. The van der Waals surface area contributed by atoms with Crippen LogP contribution in [0.3, 0.4) is 0 Å². The standard InChI is InChI=1S/C10H16N6/c1-7(2)4-9-13-10(15-14-9)8(3)16-6-11-5-12-16/h5-8H,4H2,1-3H3,(H,13,14,15). The molecule has 86 valence electrons. The number of H-pyrrole nitrogens is 1. The van der Waals surface area contributed by atoms with Crippen molar-refractivity contribution in [1.29, 1.82) is 0 Å². The van der Waals surface area contributed by atoms with Gasteiger partial charge in [0.1, 0.15) is 24.5 Å². The zero-order valence-electron chi connectivity index (χ0n) is 9.75. The maximum atomic E-state index is 4.45. The van der Waals surface area contributed by atoms with Gasteiger partial charge in [-0.15, -0.1) is 0 Å². The van der Waals surface area contributed by atoms with Crippen LogP contribution in [-0.2, 0) is 6.42 Å². The molecule has 2 aromatic heterocycles. The van der Waals surface area contributed by atoms with Crippen LogP contribution in [0.5, 0.6) is 0 Å². The van der Waals surface area contributed by atoms with Gasteiger partial charge in [0, 0.05) is 6.42 Å². The van der Waals surface area contributed by atoms with E-state index in [0.29, 0.717) is 5.92 Å². The van der Waals surface area contributed by atoms with Gasteiger partial charge in [0.05, 0.1) is 0 Å². The fourth-order valence-corrected chi connectivity index (χ4v) is 1.51. The highest BCUT2D eigenvalue weighted by Crippen LogP contribution is 2.12. The Bertz CT molecular complexity index is 430. The van der Waals surface area contributed by atoms with Crippen molar-refractivity contribution >= 4 is 0 Å². The molecule has 0 radical (unpaired) electrons. The van der Waals surface area contributed by atoms with Crippen LogP contribution in [0.4, 0.5) is 0 Å². The molecule has 0 saturated carbocycles. The van der Waals surface area contributed by atoms with Crippen molar-refractivity contribution in [2.75, 3.05) is 0 Å². The fraction of sp³-hybridized carbons (Fsp3) is 0.600. The summed E-state index contributed by atoms with van der Waals surface area (Å²) in [5.74, 6) is 2.25. The van der Waals surface area contributed by atoms with Crippen LogP contribution in [0, 0.1) is 5.92 Å². The van der Waals surface area contributed by atoms with Crippen LogP contribution in [0.2, 0.25) is 0 Å². The molecule has 0 saturated heterocycles. The summed E-state index contributed by atoms with van der Waals surface area (Å²) in [4.78, 5) is 8.36. The first kappa shape index (κ1) is 10.8. The largest absolute Gasteiger partial charge is 0.263 e. The van der Waals surface area contributed by atoms with E-state index in [-0.39, 0.29) is 6.04 Å². The van der Waals surface area contributed by atoms with E-state index in [0.717, 1.165) is 18.1 Å². The smallest absolute Gasteiger partial charge is 0.174 e. The highest BCUT2D eigenvalue weighted by Gasteiger charge is 2.14. The molecule has 2 rings (SSSR count). The molecule has 1 unspecified atom stereocenters. The summed E-state index contributed by atoms with van der Waals surface area (Å²) in [6, 6.07) is 0.0136. The third-order valence-electron chi connectivity index (χ3n) is 2.36. The molecular formula is C10H16N6.